The summed E-state index contributed by atoms with van der Waals surface area (Å²) in [7, 11) is 2.83. The Morgan fingerprint density at radius 3 is 2.55 bits per heavy atom. The van der Waals surface area contributed by atoms with E-state index in [-0.39, 0.29) is 11.1 Å². The molecule has 4 aromatic rings. The van der Waals surface area contributed by atoms with E-state index in [9.17, 15) is 9.59 Å². The highest BCUT2D eigenvalue weighted by Crippen LogP contribution is 2.37. The molecule has 0 N–H and O–H groups in total. The Morgan fingerprint density at radius 1 is 1.11 bits per heavy atom. The second-order valence-corrected chi connectivity index (χ2v) is 10.0. The Bertz CT molecular complexity index is 1790. The zero-order chi connectivity index (χ0) is 27.0. The molecule has 7 nitrogen and oxygen atoms in total. The summed E-state index contributed by atoms with van der Waals surface area (Å²) in [5.41, 5.74) is 1.86. The van der Waals surface area contributed by atoms with E-state index in [0.29, 0.717) is 38.0 Å². The van der Waals surface area contributed by atoms with Gasteiger partial charge in [-0.15, -0.1) is 0 Å². The first-order valence-electron chi connectivity index (χ1n) is 12.0. The molecule has 0 bridgehead atoms. The lowest BCUT2D eigenvalue weighted by molar-refractivity contribution is -0.136. The van der Waals surface area contributed by atoms with Crippen molar-refractivity contribution < 1.29 is 19.0 Å². The number of halogens is 1. The average Bonchev–Trinajstić information content (AvgIpc) is 3.23. The predicted molar refractivity (Wildman–Crippen MR) is 149 cm³/mol. The Labute approximate surface area is 227 Å². The number of rotatable bonds is 6. The minimum atomic E-state index is -0.827. The van der Waals surface area contributed by atoms with Gasteiger partial charge in [-0.05, 0) is 55.1 Å². The van der Waals surface area contributed by atoms with Gasteiger partial charge in [0.1, 0.15) is 17.5 Å². The van der Waals surface area contributed by atoms with Gasteiger partial charge in [-0.1, -0.05) is 53.3 Å². The zero-order valence-electron chi connectivity index (χ0n) is 21.3. The largest absolute Gasteiger partial charge is 0.496 e. The van der Waals surface area contributed by atoms with Gasteiger partial charge in [0.25, 0.3) is 5.56 Å². The monoisotopic (exact) mass is 548 g/mol. The van der Waals surface area contributed by atoms with E-state index in [0.717, 1.165) is 22.1 Å². The molecule has 2 heterocycles. The van der Waals surface area contributed by atoms with Crippen LogP contribution in [0.15, 0.2) is 75.7 Å². The molecule has 1 aromatic heterocycles. The minimum Gasteiger partial charge on any atom is -0.496 e. The topological polar surface area (TPSA) is 79.1 Å². The van der Waals surface area contributed by atoms with Gasteiger partial charge in [0.05, 0.1) is 36.6 Å². The van der Waals surface area contributed by atoms with Crippen LogP contribution in [-0.4, -0.2) is 31.4 Å². The predicted octanol–water partition coefficient (Wildman–Crippen LogP) is 4.62. The van der Waals surface area contributed by atoms with Crippen LogP contribution in [0, 0.1) is 0 Å². The molecule has 38 heavy (non-hydrogen) atoms. The fourth-order valence-electron chi connectivity index (χ4n) is 4.75. The fourth-order valence-corrected chi connectivity index (χ4v) is 5.97. The quantitative estimate of drug-likeness (QED) is 0.328. The lowest BCUT2D eigenvalue weighted by Crippen LogP contribution is -2.40. The lowest BCUT2D eigenvalue weighted by atomic mass is 9.95. The van der Waals surface area contributed by atoms with Gasteiger partial charge in [0.2, 0.25) is 0 Å². The highest BCUT2D eigenvalue weighted by atomic mass is 35.5. The Kier molecular flexibility index (Phi) is 7.10. The maximum Gasteiger partial charge on any atom is 0.338 e. The number of esters is 1. The van der Waals surface area contributed by atoms with Crippen LogP contribution in [-0.2, 0) is 9.53 Å². The second kappa shape index (κ2) is 10.5. The zero-order valence-corrected chi connectivity index (χ0v) is 22.9. The molecule has 194 valence electrons. The van der Waals surface area contributed by atoms with Crippen molar-refractivity contribution in [2.45, 2.75) is 19.9 Å². The molecule has 3 aromatic carbocycles. The maximum absolute atomic E-state index is 14.0. The summed E-state index contributed by atoms with van der Waals surface area (Å²) in [6, 6.07) is 16.0. The SMILES string of the molecule is CCOc1ccc(/C=c2\sc3n(c2=O)[C@H](c2cc(Cl)ccc2OC)C(C(=O)OC)=C(C)N=3)c2ccccc12. The molecule has 1 atom stereocenters. The van der Waals surface area contributed by atoms with Crippen molar-refractivity contribution >= 4 is 45.8 Å². The number of methoxy groups -OCH3 is 2. The summed E-state index contributed by atoms with van der Waals surface area (Å²) in [5, 5.41) is 2.37. The van der Waals surface area contributed by atoms with Crippen LogP contribution < -0.4 is 24.4 Å². The van der Waals surface area contributed by atoms with Crippen LogP contribution >= 0.6 is 22.9 Å². The summed E-state index contributed by atoms with van der Waals surface area (Å²) in [6.07, 6.45) is 1.85. The number of nitrogens with zero attached hydrogens (tertiary/aromatic N) is 2. The first kappa shape index (κ1) is 25.8. The standard InChI is InChI=1S/C29H25ClN2O5S/c1-5-37-23-12-10-17(19-8-6-7-9-20(19)23)14-24-27(33)32-26(21-15-18(30)11-13-22(21)35-3)25(28(34)36-4)16(2)31-29(32)38-24/h6-15,26H,5H2,1-4H3/b24-14-/t26-/m1/s1. The molecule has 9 heteroatoms. The van der Waals surface area contributed by atoms with Crippen LogP contribution in [0.5, 0.6) is 11.5 Å². The Balaban J connectivity index is 1.78. The van der Waals surface area contributed by atoms with Crippen LogP contribution in [0.1, 0.15) is 31.0 Å². The van der Waals surface area contributed by atoms with E-state index >= 15 is 0 Å². The van der Waals surface area contributed by atoms with Gasteiger partial charge in [-0.25, -0.2) is 9.79 Å². The minimum absolute atomic E-state index is 0.249. The normalized spacial score (nSPS) is 15.3. The molecule has 0 aliphatic carbocycles. The molecule has 0 spiro atoms. The lowest BCUT2D eigenvalue weighted by Gasteiger charge is -2.25. The van der Waals surface area contributed by atoms with Gasteiger partial charge < -0.3 is 14.2 Å². The Morgan fingerprint density at radius 2 is 1.84 bits per heavy atom. The number of hydrogen-bond donors (Lipinski definition) is 0. The summed E-state index contributed by atoms with van der Waals surface area (Å²) in [4.78, 5) is 32.0. The van der Waals surface area contributed by atoms with Crippen molar-refractivity contribution in [1.82, 2.24) is 4.57 Å². The molecule has 0 radical (unpaired) electrons. The number of benzene rings is 3. The molecular formula is C29H25ClN2O5S. The molecule has 0 unspecified atom stereocenters. The highest BCUT2D eigenvalue weighted by molar-refractivity contribution is 7.07. The number of ether oxygens (including phenoxy) is 3. The third kappa shape index (κ3) is 4.40. The smallest absolute Gasteiger partial charge is 0.338 e. The molecular weight excluding hydrogens is 524 g/mol. The molecule has 1 aliphatic rings. The molecule has 0 saturated carbocycles. The molecule has 0 saturated heterocycles. The first-order valence-corrected chi connectivity index (χ1v) is 13.2. The third-order valence-corrected chi connectivity index (χ3v) is 7.64. The van der Waals surface area contributed by atoms with E-state index in [2.05, 4.69) is 4.99 Å². The van der Waals surface area contributed by atoms with Crippen molar-refractivity contribution in [2.24, 2.45) is 4.99 Å². The van der Waals surface area contributed by atoms with E-state index in [4.69, 9.17) is 25.8 Å². The van der Waals surface area contributed by atoms with Gasteiger partial charge in [-0.3, -0.25) is 9.36 Å². The average molecular weight is 549 g/mol. The molecule has 1 aliphatic heterocycles. The molecule has 5 rings (SSSR count). The molecule has 0 fully saturated rings. The van der Waals surface area contributed by atoms with Crippen molar-refractivity contribution in [1.29, 1.82) is 0 Å². The van der Waals surface area contributed by atoms with Crippen molar-refractivity contribution in [3.63, 3.8) is 0 Å². The van der Waals surface area contributed by atoms with Crippen molar-refractivity contribution in [3.05, 3.63) is 102 Å². The van der Waals surface area contributed by atoms with Crippen LogP contribution in [0.25, 0.3) is 16.8 Å². The van der Waals surface area contributed by atoms with Crippen LogP contribution in [0.3, 0.4) is 0 Å². The van der Waals surface area contributed by atoms with E-state index in [1.54, 1.807) is 25.1 Å². The second-order valence-electron chi connectivity index (χ2n) is 8.59. The van der Waals surface area contributed by atoms with Gasteiger partial charge >= 0.3 is 5.97 Å². The summed E-state index contributed by atoms with van der Waals surface area (Å²) in [6.45, 7) is 4.23. The number of thiazole rings is 1. The van der Waals surface area contributed by atoms with E-state index in [1.807, 2.05) is 49.4 Å². The number of carbonyl (C=O) groups is 1. The summed E-state index contributed by atoms with van der Waals surface area (Å²) in [5.74, 6) is 0.695. The van der Waals surface area contributed by atoms with Crippen LogP contribution in [0.2, 0.25) is 5.02 Å². The number of hydrogen-bond acceptors (Lipinski definition) is 7. The highest BCUT2D eigenvalue weighted by Gasteiger charge is 2.35. The number of carbonyl (C=O) groups excluding carboxylic acids is 1. The molecule has 0 amide bonds. The maximum atomic E-state index is 14.0. The number of allylic oxidation sites excluding steroid dienone is 1. The van der Waals surface area contributed by atoms with Crippen LogP contribution in [0.4, 0.5) is 0 Å². The third-order valence-electron chi connectivity index (χ3n) is 6.42. The van der Waals surface area contributed by atoms with Crippen molar-refractivity contribution in [3.8, 4) is 11.5 Å². The summed E-state index contributed by atoms with van der Waals surface area (Å²) < 4.78 is 18.5. The fraction of sp³-hybridized carbons (Fsp3) is 0.207. The number of fused-ring (bicyclic) bond motifs is 2. The number of aromatic nitrogens is 1. The Hall–Kier alpha value is -3.88. The van der Waals surface area contributed by atoms with Gasteiger partial charge in [0.15, 0.2) is 4.80 Å². The van der Waals surface area contributed by atoms with Gasteiger partial charge in [0, 0.05) is 16.0 Å². The van der Waals surface area contributed by atoms with E-state index in [1.165, 1.54) is 30.1 Å². The first-order chi connectivity index (χ1) is 18.4. The summed E-state index contributed by atoms with van der Waals surface area (Å²) >= 11 is 7.61. The van der Waals surface area contributed by atoms with Crippen molar-refractivity contribution in [2.75, 3.05) is 20.8 Å². The van der Waals surface area contributed by atoms with E-state index < -0.39 is 12.0 Å². The van der Waals surface area contributed by atoms with Gasteiger partial charge in [-0.2, -0.15) is 0 Å².